The van der Waals surface area contributed by atoms with Crippen molar-refractivity contribution in [2.75, 3.05) is 6.54 Å². The number of carboxylic acid groups (broad SMARTS) is 1. The minimum Gasteiger partial charge on any atom is -0.481 e. The van der Waals surface area contributed by atoms with E-state index in [-0.39, 0.29) is 5.91 Å². The Hall–Kier alpha value is -1.32. The van der Waals surface area contributed by atoms with Crippen LogP contribution in [0.1, 0.15) is 96.8 Å². The summed E-state index contributed by atoms with van der Waals surface area (Å²) in [4.78, 5) is 21.8. The first-order valence-electron chi connectivity index (χ1n) is 9.80. The molecule has 0 saturated carbocycles. The van der Waals surface area contributed by atoms with Crippen molar-refractivity contribution in [2.24, 2.45) is 0 Å². The van der Waals surface area contributed by atoms with E-state index in [1.165, 1.54) is 25.7 Å². The molecule has 0 aliphatic rings. The number of carbonyl (C=O) groups excluding carboxylic acids is 1. The highest BCUT2D eigenvalue weighted by Gasteiger charge is 1.98. The Morgan fingerprint density at radius 2 is 1.38 bits per heavy atom. The van der Waals surface area contributed by atoms with Gasteiger partial charge in [0.05, 0.1) is 0 Å². The van der Waals surface area contributed by atoms with Gasteiger partial charge in [0.25, 0.3) is 0 Å². The topological polar surface area (TPSA) is 66.4 Å². The van der Waals surface area contributed by atoms with E-state index in [1.807, 2.05) is 0 Å². The van der Waals surface area contributed by atoms with Crippen molar-refractivity contribution in [3.63, 3.8) is 0 Å². The molecule has 0 fully saturated rings. The Bertz CT molecular complexity index is 340. The fraction of sp³-hybridized carbons (Fsp3) is 0.800. The molecule has 140 valence electrons. The fourth-order valence-corrected chi connectivity index (χ4v) is 2.53. The van der Waals surface area contributed by atoms with Crippen LogP contribution in [0.2, 0.25) is 0 Å². The third-order valence-electron chi connectivity index (χ3n) is 4.06. The predicted octanol–water partition coefficient (Wildman–Crippen LogP) is 5.22. The lowest BCUT2D eigenvalue weighted by molar-refractivity contribution is -0.137. The predicted molar refractivity (Wildman–Crippen MR) is 100 cm³/mol. The average molecular weight is 340 g/mol. The van der Waals surface area contributed by atoms with Gasteiger partial charge in [-0.2, -0.15) is 0 Å². The molecular formula is C20H37NO3. The van der Waals surface area contributed by atoms with E-state index in [2.05, 4.69) is 24.4 Å². The van der Waals surface area contributed by atoms with Crippen molar-refractivity contribution in [3.8, 4) is 0 Å². The highest BCUT2D eigenvalue weighted by Crippen LogP contribution is 2.10. The molecule has 0 saturated heterocycles. The van der Waals surface area contributed by atoms with Crippen molar-refractivity contribution in [1.82, 2.24) is 5.32 Å². The molecule has 0 aliphatic heterocycles. The van der Waals surface area contributed by atoms with Crippen molar-refractivity contribution in [2.45, 2.75) is 96.8 Å². The van der Waals surface area contributed by atoms with Gasteiger partial charge in [-0.15, -0.1) is 0 Å². The lowest BCUT2D eigenvalue weighted by atomic mass is 10.1. The van der Waals surface area contributed by atoms with Gasteiger partial charge in [-0.1, -0.05) is 57.6 Å². The standard InChI is InChI=1S/C20H37NO3/c1-2-3-18-21-19(22)16-14-12-10-8-6-4-5-7-9-11-13-15-17-20(23)24/h8,10H,2-7,9,11-18H2,1H3,(H,21,22)(H,23,24). The molecule has 2 N–H and O–H groups in total. The molecule has 0 atom stereocenters. The largest absolute Gasteiger partial charge is 0.481 e. The van der Waals surface area contributed by atoms with E-state index in [9.17, 15) is 9.59 Å². The molecule has 0 radical (unpaired) electrons. The summed E-state index contributed by atoms with van der Waals surface area (Å²) in [7, 11) is 0. The summed E-state index contributed by atoms with van der Waals surface area (Å²) in [6.07, 6.45) is 18.6. The second-order valence-corrected chi connectivity index (χ2v) is 6.47. The van der Waals surface area contributed by atoms with E-state index in [4.69, 9.17) is 5.11 Å². The molecular weight excluding hydrogens is 302 g/mol. The van der Waals surface area contributed by atoms with Crippen LogP contribution in [0, 0.1) is 0 Å². The van der Waals surface area contributed by atoms with Crippen LogP contribution in [0.5, 0.6) is 0 Å². The molecule has 0 aromatic rings. The van der Waals surface area contributed by atoms with Crippen molar-refractivity contribution in [3.05, 3.63) is 12.2 Å². The Morgan fingerprint density at radius 3 is 2.00 bits per heavy atom. The van der Waals surface area contributed by atoms with Crippen LogP contribution in [0.15, 0.2) is 12.2 Å². The molecule has 0 rings (SSSR count). The lowest BCUT2D eigenvalue weighted by Crippen LogP contribution is -2.23. The first-order chi connectivity index (χ1) is 11.7. The van der Waals surface area contributed by atoms with Crippen LogP contribution in [0.3, 0.4) is 0 Å². The van der Waals surface area contributed by atoms with Crippen LogP contribution in [0.4, 0.5) is 0 Å². The number of amides is 1. The molecule has 0 aromatic heterocycles. The number of allylic oxidation sites excluding steroid dienone is 2. The molecule has 0 unspecified atom stereocenters. The summed E-state index contributed by atoms with van der Waals surface area (Å²) >= 11 is 0. The summed E-state index contributed by atoms with van der Waals surface area (Å²) in [6, 6.07) is 0. The maximum absolute atomic E-state index is 11.5. The minimum absolute atomic E-state index is 0.181. The third-order valence-corrected chi connectivity index (χ3v) is 4.06. The zero-order valence-corrected chi connectivity index (χ0v) is 15.5. The maximum atomic E-state index is 11.5. The van der Waals surface area contributed by atoms with Crippen molar-refractivity contribution >= 4 is 11.9 Å². The molecule has 0 aliphatic carbocycles. The van der Waals surface area contributed by atoms with Gasteiger partial charge in [0.2, 0.25) is 5.91 Å². The Balaban J connectivity index is 3.21. The summed E-state index contributed by atoms with van der Waals surface area (Å²) in [5, 5.41) is 11.5. The Labute approximate surface area is 148 Å². The van der Waals surface area contributed by atoms with Crippen LogP contribution >= 0.6 is 0 Å². The number of rotatable bonds is 17. The van der Waals surface area contributed by atoms with Gasteiger partial charge in [0.1, 0.15) is 0 Å². The summed E-state index contributed by atoms with van der Waals surface area (Å²) in [5.74, 6) is -0.501. The molecule has 4 heteroatoms. The number of carbonyl (C=O) groups is 2. The van der Waals surface area contributed by atoms with Gasteiger partial charge >= 0.3 is 5.97 Å². The normalized spacial score (nSPS) is 11.0. The molecule has 0 bridgehead atoms. The zero-order valence-electron chi connectivity index (χ0n) is 15.5. The Morgan fingerprint density at radius 1 is 0.792 bits per heavy atom. The second kappa shape index (κ2) is 18.0. The van der Waals surface area contributed by atoms with Gasteiger partial charge in [-0.25, -0.2) is 0 Å². The molecule has 4 nitrogen and oxygen atoms in total. The van der Waals surface area contributed by atoms with Crippen molar-refractivity contribution in [1.29, 1.82) is 0 Å². The van der Waals surface area contributed by atoms with E-state index in [0.29, 0.717) is 12.8 Å². The fourth-order valence-electron chi connectivity index (χ4n) is 2.53. The number of nitrogens with one attached hydrogen (secondary N) is 1. The monoisotopic (exact) mass is 339 g/mol. The van der Waals surface area contributed by atoms with E-state index in [1.54, 1.807) is 0 Å². The van der Waals surface area contributed by atoms with Crippen LogP contribution in [-0.2, 0) is 9.59 Å². The maximum Gasteiger partial charge on any atom is 0.303 e. The lowest BCUT2D eigenvalue weighted by Gasteiger charge is -2.02. The smallest absolute Gasteiger partial charge is 0.303 e. The second-order valence-electron chi connectivity index (χ2n) is 6.47. The Kier molecular flexibility index (Phi) is 17.0. The molecule has 24 heavy (non-hydrogen) atoms. The first-order valence-corrected chi connectivity index (χ1v) is 9.80. The SMILES string of the molecule is CCCCNC(=O)CCCC=CCCCCCCCCCC(=O)O. The van der Waals surface area contributed by atoms with Gasteiger partial charge < -0.3 is 10.4 Å². The third kappa shape index (κ3) is 18.7. The van der Waals surface area contributed by atoms with Crippen LogP contribution in [-0.4, -0.2) is 23.5 Å². The van der Waals surface area contributed by atoms with Gasteiger partial charge in [-0.3, -0.25) is 9.59 Å². The zero-order chi connectivity index (χ0) is 17.9. The van der Waals surface area contributed by atoms with E-state index < -0.39 is 5.97 Å². The van der Waals surface area contributed by atoms with Crippen LogP contribution in [0.25, 0.3) is 0 Å². The van der Waals surface area contributed by atoms with E-state index >= 15 is 0 Å². The molecule has 0 spiro atoms. The number of hydrogen-bond acceptors (Lipinski definition) is 2. The average Bonchev–Trinajstić information content (AvgIpc) is 2.55. The van der Waals surface area contributed by atoms with Crippen LogP contribution < -0.4 is 5.32 Å². The molecule has 1 amide bonds. The quantitative estimate of drug-likeness (QED) is 0.282. The highest BCUT2D eigenvalue weighted by atomic mass is 16.4. The summed E-state index contributed by atoms with van der Waals surface area (Å²) < 4.78 is 0. The summed E-state index contributed by atoms with van der Waals surface area (Å²) in [5.41, 5.74) is 0. The van der Waals surface area contributed by atoms with Gasteiger partial charge in [0, 0.05) is 19.4 Å². The number of unbranched alkanes of at least 4 members (excludes halogenated alkanes) is 9. The molecule has 0 aromatic carbocycles. The highest BCUT2D eigenvalue weighted by molar-refractivity contribution is 5.75. The minimum atomic E-state index is -0.682. The molecule has 0 heterocycles. The summed E-state index contributed by atoms with van der Waals surface area (Å²) in [6.45, 7) is 2.93. The number of carboxylic acids is 1. The van der Waals surface area contributed by atoms with Gasteiger partial charge in [0.15, 0.2) is 0 Å². The first kappa shape index (κ1) is 22.7. The number of aliphatic carboxylic acids is 1. The van der Waals surface area contributed by atoms with Crippen molar-refractivity contribution < 1.29 is 14.7 Å². The van der Waals surface area contributed by atoms with E-state index in [0.717, 1.165) is 57.9 Å². The number of hydrogen-bond donors (Lipinski definition) is 2. The van der Waals surface area contributed by atoms with Gasteiger partial charge in [-0.05, 0) is 38.5 Å².